The summed E-state index contributed by atoms with van der Waals surface area (Å²) >= 11 is 0. The number of Topliss-reactive ketones (excluding diaryl/α,β-unsaturated/α-hetero) is 2. The molecule has 0 fully saturated rings. The van der Waals surface area contributed by atoms with Crippen molar-refractivity contribution in [2.24, 2.45) is 5.11 Å². The first-order valence-corrected chi connectivity index (χ1v) is 6.18. The number of carbonyl (C=O) groups excluding carboxylic acids is 2. The summed E-state index contributed by atoms with van der Waals surface area (Å²) in [4.78, 5) is 30.2. The van der Waals surface area contributed by atoms with Gasteiger partial charge in [-0.25, -0.2) is 4.98 Å². The molecule has 0 spiro atoms. The Hall–Kier alpha value is -3.05. The lowest BCUT2D eigenvalue weighted by molar-refractivity contribution is -0.683. The lowest BCUT2D eigenvalue weighted by atomic mass is 10.1. The number of hydrogen-bond acceptors (Lipinski definition) is 4. The van der Waals surface area contributed by atoms with E-state index in [9.17, 15) is 9.59 Å². The van der Waals surface area contributed by atoms with Gasteiger partial charge in [0, 0.05) is 10.5 Å². The smallest absolute Gasteiger partial charge is 0.227 e. The Morgan fingerprint density at radius 2 is 2.00 bits per heavy atom. The van der Waals surface area contributed by atoms with E-state index < -0.39 is 5.78 Å². The monoisotopic (exact) mass is 282 g/mol. The maximum Gasteiger partial charge on any atom is 0.227 e. The molecule has 0 aliphatic heterocycles. The van der Waals surface area contributed by atoms with E-state index in [-0.39, 0.29) is 24.6 Å². The summed E-state index contributed by atoms with van der Waals surface area (Å²) < 4.78 is 1.58. The number of carbonyl (C=O) groups is 2. The van der Waals surface area contributed by atoms with Gasteiger partial charge in [-0.2, -0.15) is 4.57 Å². The number of benzene rings is 1. The molecule has 1 aromatic carbocycles. The van der Waals surface area contributed by atoms with Gasteiger partial charge in [0.15, 0.2) is 23.9 Å². The molecule has 0 saturated heterocycles. The van der Waals surface area contributed by atoms with Crippen LogP contribution < -0.4 is 4.57 Å². The molecule has 1 aromatic heterocycles. The number of hydrogen-bond donors (Lipinski definition) is 0. The Morgan fingerprint density at radius 1 is 1.24 bits per heavy atom. The summed E-state index contributed by atoms with van der Waals surface area (Å²) in [6, 6.07) is 8.89. The van der Waals surface area contributed by atoms with E-state index in [0.717, 1.165) is 0 Å². The van der Waals surface area contributed by atoms with Crippen molar-refractivity contribution in [1.29, 1.82) is 0 Å². The minimum Gasteiger partial charge on any atom is -0.292 e. The molecule has 0 N–H and O–H groups in total. The second-order valence-electron chi connectivity index (χ2n) is 4.22. The molecule has 0 unspecified atom stereocenters. The van der Waals surface area contributed by atoms with Gasteiger partial charge in [0.2, 0.25) is 12.3 Å². The predicted molar refractivity (Wildman–Crippen MR) is 73.5 cm³/mol. The normalized spacial score (nSPS) is 9.71. The highest BCUT2D eigenvalue weighted by Gasteiger charge is 2.15. The summed E-state index contributed by atoms with van der Waals surface area (Å²) in [7, 11) is 0. The Balaban J connectivity index is 2.13. The summed E-state index contributed by atoms with van der Waals surface area (Å²) in [5.41, 5.74) is 8.96. The first-order chi connectivity index (χ1) is 10.2. The third-order valence-corrected chi connectivity index (χ3v) is 2.75. The zero-order chi connectivity index (χ0) is 15.1. The van der Waals surface area contributed by atoms with E-state index in [1.807, 2.05) is 6.07 Å². The molecule has 0 atom stereocenters. The van der Waals surface area contributed by atoms with Gasteiger partial charge in [-0.05, 0) is 5.53 Å². The Bertz CT molecular complexity index is 708. The number of rotatable bonds is 6. The first kappa shape index (κ1) is 14.4. The molecule has 7 nitrogen and oxygen atoms in total. The molecule has 2 rings (SSSR count). The second-order valence-corrected chi connectivity index (χ2v) is 4.22. The van der Waals surface area contributed by atoms with Crippen LogP contribution in [0.3, 0.4) is 0 Å². The van der Waals surface area contributed by atoms with Crippen molar-refractivity contribution in [2.75, 3.05) is 6.54 Å². The Labute approximate surface area is 120 Å². The molecular weight excluding hydrogens is 270 g/mol. The van der Waals surface area contributed by atoms with Gasteiger partial charge in [0.05, 0.1) is 12.7 Å². The summed E-state index contributed by atoms with van der Waals surface area (Å²) in [6.45, 7) is -0.186. The van der Waals surface area contributed by atoms with Crippen LogP contribution in [-0.4, -0.2) is 23.1 Å². The van der Waals surface area contributed by atoms with E-state index >= 15 is 0 Å². The molecular formula is C14H12N5O2+. The number of nitrogens with zero attached hydrogens (tertiary/aromatic N) is 5. The van der Waals surface area contributed by atoms with Crippen molar-refractivity contribution in [3.63, 3.8) is 0 Å². The molecule has 104 valence electrons. The fraction of sp³-hybridized carbons (Fsp3) is 0.143. The first-order valence-electron chi connectivity index (χ1n) is 6.18. The molecule has 0 aliphatic rings. The summed E-state index contributed by atoms with van der Waals surface area (Å²) in [6.07, 6.45) is 4.50. The highest BCUT2D eigenvalue weighted by molar-refractivity contribution is 5.96. The van der Waals surface area contributed by atoms with Crippen LogP contribution in [0.25, 0.3) is 10.4 Å². The Morgan fingerprint density at radius 3 is 2.71 bits per heavy atom. The van der Waals surface area contributed by atoms with Crippen molar-refractivity contribution < 1.29 is 14.2 Å². The molecule has 21 heavy (non-hydrogen) atoms. The molecule has 2 aromatic rings. The van der Waals surface area contributed by atoms with Crippen molar-refractivity contribution in [3.8, 4) is 0 Å². The van der Waals surface area contributed by atoms with E-state index in [4.69, 9.17) is 5.53 Å². The van der Waals surface area contributed by atoms with Gasteiger partial charge in [0.1, 0.15) is 0 Å². The van der Waals surface area contributed by atoms with Crippen LogP contribution in [-0.2, 0) is 6.54 Å². The predicted octanol–water partition coefficient (Wildman–Crippen LogP) is 1.75. The van der Waals surface area contributed by atoms with Gasteiger partial charge < -0.3 is 0 Å². The zero-order valence-corrected chi connectivity index (χ0v) is 11.1. The van der Waals surface area contributed by atoms with Crippen molar-refractivity contribution >= 4 is 11.6 Å². The lowest BCUT2D eigenvalue weighted by Gasteiger charge is -1.99. The lowest BCUT2D eigenvalue weighted by Crippen LogP contribution is -2.38. The SMILES string of the molecule is [N-]=[N+]=NCC(=O)c1c[n+](CC(=O)c2ccccc2)ccn1. The maximum absolute atomic E-state index is 12.1. The fourth-order valence-electron chi connectivity index (χ4n) is 1.73. The molecule has 0 saturated carbocycles. The topological polar surface area (TPSA) is 99.7 Å². The largest absolute Gasteiger partial charge is 0.292 e. The molecule has 7 heteroatoms. The number of aromatic nitrogens is 2. The zero-order valence-electron chi connectivity index (χ0n) is 11.1. The standard InChI is InChI=1S/C14H12N5O2/c15-18-17-8-13(20)12-9-19(7-6-16-12)10-14(21)11-4-2-1-3-5-11/h1-7,9H,8,10H2/q+1. The average Bonchev–Trinajstić information content (AvgIpc) is 2.53. The third-order valence-electron chi connectivity index (χ3n) is 2.75. The summed E-state index contributed by atoms with van der Waals surface area (Å²) in [5.74, 6) is -0.463. The van der Waals surface area contributed by atoms with E-state index in [0.29, 0.717) is 5.56 Å². The molecule has 0 aliphatic carbocycles. The van der Waals surface area contributed by atoms with E-state index in [1.54, 1.807) is 35.0 Å². The minimum absolute atomic E-state index is 0.0692. The van der Waals surface area contributed by atoms with Crippen LogP contribution in [0.1, 0.15) is 20.8 Å². The highest BCUT2D eigenvalue weighted by atomic mass is 16.1. The Kier molecular flexibility index (Phi) is 4.74. The van der Waals surface area contributed by atoms with Gasteiger partial charge in [-0.3, -0.25) is 9.59 Å². The van der Waals surface area contributed by atoms with Gasteiger partial charge in [0.25, 0.3) is 0 Å². The number of azide groups is 1. The van der Waals surface area contributed by atoms with Crippen LogP contribution in [0, 0.1) is 0 Å². The second kappa shape index (κ2) is 6.93. The van der Waals surface area contributed by atoms with Crippen molar-refractivity contribution in [1.82, 2.24) is 4.98 Å². The van der Waals surface area contributed by atoms with Gasteiger partial charge >= 0.3 is 0 Å². The van der Waals surface area contributed by atoms with Crippen molar-refractivity contribution in [2.45, 2.75) is 6.54 Å². The van der Waals surface area contributed by atoms with Crippen LogP contribution in [0.4, 0.5) is 0 Å². The molecule has 0 bridgehead atoms. The van der Waals surface area contributed by atoms with Crippen molar-refractivity contribution in [3.05, 3.63) is 70.6 Å². The molecule has 0 amide bonds. The van der Waals surface area contributed by atoms with Gasteiger partial charge in [-0.15, -0.1) is 0 Å². The molecule has 1 heterocycles. The van der Waals surface area contributed by atoms with Crippen LogP contribution in [0.2, 0.25) is 0 Å². The number of ketones is 2. The van der Waals surface area contributed by atoms with Gasteiger partial charge in [-0.1, -0.05) is 35.4 Å². The maximum atomic E-state index is 12.1. The van der Waals surface area contributed by atoms with Crippen LogP contribution in [0.15, 0.2) is 54.0 Å². The van der Waals surface area contributed by atoms with E-state index in [2.05, 4.69) is 15.0 Å². The fourth-order valence-corrected chi connectivity index (χ4v) is 1.73. The minimum atomic E-state index is -0.394. The third kappa shape index (κ3) is 3.95. The van der Waals surface area contributed by atoms with Crippen LogP contribution in [0.5, 0.6) is 0 Å². The quantitative estimate of drug-likeness (QED) is 0.265. The van der Waals surface area contributed by atoms with Crippen LogP contribution >= 0.6 is 0 Å². The average molecular weight is 282 g/mol. The van der Waals surface area contributed by atoms with E-state index in [1.165, 1.54) is 12.4 Å². The summed E-state index contributed by atoms with van der Waals surface area (Å²) in [5, 5.41) is 3.20. The molecule has 0 radical (unpaired) electrons. The highest BCUT2D eigenvalue weighted by Crippen LogP contribution is 2.00.